The number of nitrogens with zero attached hydrogens (tertiary/aromatic N) is 2. The van der Waals surface area contributed by atoms with Crippen molar-refractivity contribution in [3.63, 3.8) is 0 Å². The molecule has 0 saturated carbocycles. The van der Waals surface area contributed by atoms with Crippen LogP contribution in [0.15, 0.2) is 53.1 Å². The highest BCUT2D eigenvalue weighted by Crippen LogP contribution is 2.25. The zero-order valence-corrected chi connectivity index (χ0v) is 14.6. The van der Waals surface area contributed by atoms with E-state index in [4.69, 9.17) is 30.3 Å². The van der Waals surface area contributed by atoms with E-state index < -0.39 is 5.97 Å². The quantitative estimate of drug-likeness (QED) is 0.585. The van der Waals surface area contributed by atoms with Crippen molar-refractivity contribution in [3.05, 3.63) is 59.4 Å². The average molecular weight is 375 g/mol. The number of benzene rings is 2. The number of para-hydroxylation sites is 2. The first kappa shape index (κ1) is 17.8. The van der Waals surface area contributed by atoms with Gasteiger partial charge >= 0.3 is 5.97 Å². The van der Waals surface area contributed by atoms with Crippen molar-refractivity contribution in [1.82, 2.24) is 10.1 Å². The van der Waals surface area contributed by atoms with Gasteiger partial charge in [0.1, 0.15) is 0 Å². The van der Waals surface area contributed by atoms with Gasteiger partial charge in [-0.3, -0.25) is 0 Å². The predicted octanol–water partition coefficient (Wildman–Crippen LogP) is 3.52. The molecule has 26 heavy (non-hydrogen) atoms. The fraction of sp³-hybridized carbons (Fsp3) is 0.167. The molecule has 0 amide bonds. The minimum Gasteiger partial charge on any atom is -0.493 e. The molecule has 0 unspecified atom stereocenters. The van der Waals surface area contributed by atoms with Gasteiger partial charge in [0.05, 0.1) is 7.11 Å². The van der Waals surface area contributed by atoms with Crippen LogP contribution in [0, 0.1) is 0 Å². The fourth-order valence-electron chi connectivity index (χ4n) is 2.09. The lowest BCUT2D eigenvalue weighted by Gasteiger charge is -2.09. The summed E-state index contributed by atoms with van der Waals surface area (Å²) < 4.78 is 20.7. The molecule has 8 heteroatoms. The van der Waals surface area contributed by atoms with Crippen LogP contribution in [-0.4, -0.2) is 29.8 Å². The van der Waals surface area contributed by atoms with Gasteiger partial charge < -0.3 is 18.7 Å². The number of ether oxygens (including phenoxy) is 3. The summed E-state index contributed by atoms with van der Waals surface area (Å²) in [6.07, 6.45) is 0. The second-order valence-corrected chi connectivity index (χ2v) is 5.56. The smallest absolute Gasteiger partial charge is 0.344 e. The molecule has 0 bridgehead atoms. The molecule has 0 saturated heterocycles. The van der Waals surface area contributed by atoms with Crippen LogP contribution < -0.4 is 9.47 Å². The second-order valence-electron chi connectivity index (χ2n) is 5.12. The van der Waals surface area contributed by atoms with E-state index in [1.165, 1.54) is 7.11 Å². The van der Waals surface area contributed by atoms with Crippen LogP contribution in [0.1, 0.15) is 5.89 Å². The number of halogens is 1. The lowest BCUT2D eigenvalue weighted by atomic mass is 10.2. The van der Waals surface area contributed by atoms with E-state index in [9.17, 15) is 4.79 Å². The molecule has 0 aliphatic rings. The molecule has 0 aliphatic heterocycles. The topological polar surface area (TPSA) is 83.7 Å². The van der Waals surface area contributed by atoms with Gasteiger partial charge in [0, 0.05) is 10.6 Å². The number of rotatable bonds is 7. The molecule has 0 radical (unpaired) electrons. The summed E-state index contributed by atoms with van der Waals surface area (Å²) in [5.41, 5.74) is 0.746. The summed E-state index contributed by atoms with van der Waals surface area (Å²) in [5, 5.41) is 4.45. The van der Waals surface area contributed by atoms with Crippen LogP contribution in [0.3, 0.4) is 0 Å². The molecule has 0 N–H and O–H groups in total. The number of carbonyl (C=O) groups is 1. The lowest BCUT2D eigenvalue weighted by Crippen LogP contribution is -2.15. The first-order valence-electron chi connectivity index (χ1n) is 7.65. The Morgan fingerprint density at radius 1 is 1.12 bits per heavy atom. The molecule has 2 aromatic carbocycles. The summed E-state index contributed by atoms with van der Waals surface area (Å²) in [6.45, 7) is -0.409. The number of aromatic nitrogens is 2. The van der Waals surface area contributed by atoms with Crippen molar-refractivity contribution in [2.75, 3.05) is 13.7 Å². The fourth-order valence-corrected chi connectivity index (χ4v) is 2.21. The highest BCUT2D eigenvalue weighted by molar-refractivity contribution is 6.30. The molecular formula is C18H15ClN2O5. The van der Waals surface area contributed by atoms with Gasteiger partial charge in [0.25, 0.3) is 5.89 Å². The third-order valence-corrected chi connectivity index (χ3v) is 3.59. The Morgan fingerprint density at radius 3 is 2.58 bits per heavy atom. The van der Waals surface area contributed by atoms with Gasteiger partial charge in [-0.05, 0) is 36.4 Å². The first-order chi connectivity index (χ1) is 12.7. The molecule has 7 nitrogen and oxygen atoms in total. The maximum atomic E-state index is 11.8. The van der Waals surface area contributed by atoms with Gasteiger partial charge in [0.15, 0.2) is 24.7 Å². The van der Waals surface area contributed by atoms with Crippen molar-refractivity contribution in [3.8, 4) is 22.9 Å². The molecular weight excluding hydrogens is 360 g/mol. The number of hydrogen-bond acceptors (Lipinski definition) is 7. The van der Waals surface area contributed by atoms with E-state index in [0.717, 1.165) is 5.56 Å². The average Bonchev–Trinajstić information content (AvgIpc) is 3.14. The van der Waals surface area contributed by atoms with Gasteiger partial charge in [-0.1, -0.05) is 28.9 Å². The monoisotopic (exact) mass is 374 g/mol. The molecule has 1 heterocycles. The van der Waals surface area contributed by atoms with Gasteiger partial charge in [0.2, 0.25) is 5.82 Å². The normalized spacial score (nSPS) is 10.4. The van der Waals surface area contributed by atoms with Crippen molar-refractivity contribution in [1.29, 1.82) is 0 Å². The van der Waals surface area contributed by atoms with Crippen LogP contribution >= 0.6 is 11.6 Å². The summed E-state index contributed by atoms with van der Waals surface area (Å²) >= 11 is 5.84. The minimum absolute atomic E-state index is 0.144. The Balaban J connectivity index is 1.51. The van der Waals surface area contributed by atoms with Crippen molar-refractivity contribution < 1.29 is 23.5 Å². The van der Waals surface area contributed by atoms with E-state index in [0.29, 0.717) is 22.3 Å². The lowest BCUT2D eigenvalue weighted by molar-refractivity contribution is -0.148. The second kappa shape index (κ2) is 8.35. The van der Waals surface area contributed by atoms with Crippen LogP contribution in [0.2, 0.25) is 5.02 Å². The van der Waals surface area contributed by atoms with E-state index in [1.807, 2.05) is 0 Å². The number of methoxy groups -OCH3 is 1. The van der Waals surface area contributed by atoms with Gasteiger partial charge in [-0.15, -0.1) is 0 Å². The predicted molar refractivity (Wildman–Crippen MR) is 93.0 cm³/mol. The Morgan fingerprint density at radius 2 is 1.85 bits per heavy atom. The maximum Gasteiger partial charge on any atom is 0.344 e. The summed E-state index contributed by atoms with van der Waals surface area (Å²) in [6, 6.07) is 14.0. The van der Waals surface area contributed by atoms with E-state index in [1.54, 1.807) is 48.5 Å². The van der Waals surface area contributed by atoms with Gasteiger partial charge in [-0.25, -0.2) is 4.79 Å². The standard InChI is InChI=1S/C18H15ClN2O5/c1-23-14-4-2-3-5-15(14)24-11-17(22)25-10-16-20-18(21-26-16)12-6-8-13(19)9-7-12/h2-9H,10-11H2,1H3. The third kappa shape index (κ3) is 4.52. The highest BCUT2D eigenvalue weighted by Gasteiger charge is 2.12. The summed E-state index contributed by atoms with van der Waals surface area (Å²) in [7, 11) is 1.52. The molecule has 0 spiro atoms. The van der Waals surface area contributed by atoms with E-state index in [-0.39, 0.29) is 19.1 Å². The van der Waals surface area contributed by atoms with E-state index in [2.05, 4.69) is 10.1 Å². The summed E-state index contributed by atoms with van der Waals surface area (Å²) in [4.78, 5) is 16.0. The van der Waals surface area contributed by atoms with Crippen molar-refractivity contribution in [2.24, 2.45) is 0 Å². The number of carbonyl (C=O) groups excluding carboxylic acids is 1. The third-order valence-electron chi connectivity index (χ3n) is 3.34. The largest absolute Gasteiger partial charge is 0.493 e. The van der Waals surface area contributed by atoms with Crippen LogP contribution in [0.5, 0.6) is 11.5 Å². The molecule has 0 aliphatic carbocycles. The number of hydrogen-bond donors (Lipinski definition) is 0. The summed E-state index contributed by atoms with van der Waals surface area (Å²) in [5.74, 6) is 0.986. The highest BCUT2D eigenvalue weighted by atomic mass is 35.5. The molecule has 0 atom stereocenters. The Kier molecular flexibility index (Phi) is 5.70. The maximum absolute atomic E-state index is 11.8. The molecule has 134 valence electrons. The first-order valence-corrected chi connectivity index (χ1v) is 8.03. The van der Waals surface area contributed by atoms with Crippen LogP contribution in [0.25, 0.3) is 11.4 Å². The molecule has 3 aromatic rings. The SMILES string of the molecule is COc1ccccc1OCC(=O)OCc1nc(-c2ccc(Cl)cc2)no1. The van der Waals surface area contributed by atoms with Crippen molar-refractivity contribution >= 4 is 17.6 Å². The minimum atomic E-state index is -0.567. The zero-order chi connectivity index (χ0) is 18.4. The number of esters is 1. The Hall–Kier alpha value is -3.06. The molecule has 3 rings (SSSR count). The van der Waals surface area contributed by atoms with Gasteiger partial charge in [-0.2, -0.15) is 4.98 Å². The molecule has 1 aromatic heterocycles. The Labute approximate surface area is 154 Å². The van der Waals surface area contributed by atoms with Crippen molar-refractivity contribution in [2.45, 2.75) is 6.61 Å². The van der Waals surface area contributed by atoms with E-state index >= 15 is 0 Å². The zero-order valence-electron chi connectivity index (χ0n) is 13.8. The molecule has 0 fully saturated rings. The van der Waals surface area contributed by atoms with Crippen LogP contribution in [-0.2, 0) is 16.1 Å². The Bertz CT molecular complexity index is 879. The van der Waals surface area contributed by atoms with Crippen LogP contribution in [0.4, 0.5) is 0 Å².